The van der Waals surface area contributed by atoms with Gasteiger partial charge in [0.2, 0.25) is 0 Å². The van der Waals surface area contributed by atoms with Gasteiger partial charge in [-0.3, -0.25) is 4.79 Å². The van der Waals surface area contributed by atoms with E-state index >= 15 is 0 Å². The van der Waals surface area contributed by atoms with Crippen LogP contribution in [0, 0.1) is 0 Å². The largest absolute Gasteiger partial charge is 0.467 e. The number of halogens is 1. The van der Waals surface area contributed by atoms with Crippen LogP contribution < -0.4 is 5.32 Å². The highest BCUT2D eigenvalue weighted by Gasteiger charge is 2.22. The fourth-order valence-corrected chi connectivity index (χ4v) is 2.28. The van der Waals surface area contributed by atoms with Crippen molar-refractivity contribution in [1.29, 1.82) is 0 Å². The number of nitrogens with one attached hydrogen (secondary N) is 2. The Kier molecular flexibility index (Phi) is 6.59. The van der Waals surface area contributed by atoms with Crippen molar-refractivity contribution >= 4 is 29.4 Å². The Morgan fingerprint density at radius 2 is 1.96 bits per heavy atom. The molecule has 2 N–H and O–H groups in total. The molecule has 0 aliphatic rings. The molecule has 1 amide bonds. The van der Waals surface area contributed by atoms with E-state index in [1.54, 1.807) is 0 Å². The van der Waals surface area contributed by atoms with Crippen molar-refractivity contribution in [2.24, 2.45) is 0 Å². The summed E-state index contributed by atoms with van der Waals surface area (Å²) in [5, 5.41) is 2.85. The zero-order chi connectivity index (χ0) is 18.2. The summed E-state index contributed by atoms with van der Waals surface area (Å²) in [4.78, 5) is 38.2. The predicted molar refractivity (Wildman–Crippen MR) is 90.2 cm³/mol. The van der Waals surface area contributed by atoms with Gasteiger partial charge in [-0.1, -0.05) is 41.9 Å². The van der Waals surface area contributed by atoms with Crippen LogP contribution >= 0.6 is 11.6 Å². The van der Waals surface area contributed by atoms with Crippen LogP contribution in [0.2, 0.25) is 5.02 Å². The molecule has 2 rings (SSSR count). The molecule has 7 nitrogen and oxygen atoms in total. The van der Waals surface area contributed by atoms with Gasteiger partial charge < -0.3 is 19.8 Å². The van der Waals surface area contributed by atoms with E-state index < -0.39 is 30.5 Å². The summed E-state index contributed by atoms with van der Waals surface area (Å²) >= 11 is 5.69. The zero-order valence-electron chi connectivity index (χ0n) is 13.5. The molecule has 0 saturated carbocycles. The van der Waals surface area contributed by atoms with Crippen LogP contribution in [0.4, 0.5) is 0 Å². The molecule has 1 aromatic heterocycles. The summed E-state index contributed by atoms with van der Waals surface area (Å²) in [7, 11) is 1.24. The van der Waals surface area contributed by atoms with Crippen molar-refractivity contribution in [2.75, 3.05) is 13.7 Å². The summed E-state index contributed by atoms with van der Waals surface area (Å²) < 4.78 is 9.58. The van der Waals surface area contributed by atoms with Gasteiger partial charge in [-0.05, 0) is 11.6 Å². The standard InChI is InChI=1S/C17H17ClN2O5/c1-24-16(22)14(7-11-5-3-2-4-6-11)20-15(21)10-25-17(23)13-8-12(18)9-19-13/h2-6,8-9,14,19H,7,10H2,1H3,(H,20,21)/t14-/m1/s1. The third-order valence-corrected chi connectivity index (χ3v) is 3.52. The van der Waals surface area contributed by atoms with Crippen molar-refractivity contribution < 1.29 is 23.9 Å². The smallest absolute Gasteiger partial charge is 0.355 e. The molecule has 1 heterocycles. The van der Waals surface area contributed by atoms with Gasteiger partial charge in [-0.25, -0.2) is 9.59 Å². The van der Waals surface area contributed by atoms with Crippen molar-refractivity contribution in [3.63, 3.8) is 0 Å². The van der Waals surface area contributed by atoms with Crippen molar-refractivity contribution in [1.82, 2.24) is 10.3 Å². The lowest BCUT2D eigenvalue weighted by Gasteiger charge is -2.16. The second-order valence-corrected chi connectivity index (χ2v) is 5.58. The van der Waals surface area contributed by atoms with E-state index in [0.29, 0.717) is 5.02 Å². The minimum absolute atomic E-state index is 0.131. The first kappa shape index (κ1) is 18.5. The summed E-state index contributed by atoms with van der Waals surface area (Å²) in [6.45, 7) is -0.530. The number of esters is 2. The first-order valence-corrected chi connectivity index (χ1v) is 7.79. The lowest BCUT2D eigenvalue weighted by molar-refractivity contribution is -0.145. The molecule has 0 aliphatic heterocycles. The molecule has 0 unspecified atom stereocenters. The molecule has 0 fully saturated rings. The van der Waals surface area contributed by atoms with E-state index in [4.69, 9.17) is 21.1 Å². The normalized spacial score (nSPS) is 11.4. The van der Waals surface area contributed by atoms with Gasteiger partial charge in [0.25, 0.3) is 5.91 Å². The van der Waals surface area contributed by atoms with Gasteiger partial charge in [0.05, 0.1) is 12.1 Å². The van der Waals surface area contributed by atoms with E-state index in [1.807, 2.05) is 30.3 Å². The van der Waals surface area contributed by atoms with E-state index in [-0.39, 0.29) is 12.1 Å². The number of ether oxygens (including phenoxy) is 2. The molecular weight excluding hydrogens is 348 g/mol. The monoisotopic (exact) mass is 364 g/mol. The second kappa shape index (κ2) is 8.89. The molecule has 132 valence electrons. The molecule has 1 aromatic carbocycles. The minimum Gasteiger partial charge on any atom is -0.467 e. The summed E-state index contributed by atoms with van der Waals surface area (Å²) in [5.74, 6) is -1.92. The Morgan fingerprint density at radius 1 is 1.24 bits per heavy atom. The van der Waals surface area contributed by atoms with E-state index in [1.165, 1.54) is 19.4 Å². The van der Waals surface area contributed by atoms with Crippen LogP contribution in [-0.4, -0.2) is 42.6 Å². The zero-order valence-corrected chi connectivity index (χ0v) is 14.2. The number of carbonyl (C=O) groups is 3. The van der Waals surface area contributed by atoms with E-state index in [2.05, 4.69) is 10.3 Å². The Bertz CT molecular complexity index is 745. The number of aromatic nitrogens is 1. The highest BCUT2D eigenvalue weighted by Crippen LogP contribution is 2.10. The number of rotatable bonds is 7. The molecule has 0 saturated heterocycles. The van der Waals surface area contributed by atoms with Crippen LogP contribution in [0.3, 0.4) is 0 Å². The quantitative estimate of drug-likeness (QED) is 0.729. The summed E-state index contributed by atoms with van der Waals surface area (Å²) in [5.41, 5.74) is 0.989. The van der Waals surface area contributed by atoms with Crippen molar-refractivity contribution in [3.8, 4) is 0 Å². The van der Waals surface area contributed by atoms with Crippen LogP contribution in [0.15, 0.2) is 42.6 Å². The first-order chi connectivity index (χ1) is 12.0. The fourth-order valence-electron chi connectivity index (χ4n) is 2.12. The average molecular weight is 365 g/mol. The molecule has 0 radical (unpaired) electrons. The summed E-state index contributed by atoms with van der Waals surface area (Å²) in [6.07, 6.45) is 1.69. The number of benzene rings is 1. The molecule has 25 heavy (non-hydrogen) atoms. The lowest BCUT2D eigenvalue weighted by atomic mass is 10.1. The maximum atomic E-state index is 12.0. The third-order valence-electron chi connectivity index (χ3n) is 3.31. The number of methoxy groups -OCH3 is 1. The second-order valence-electron chi connectivity index (χ2n) is 5.14. The number of H-pyrrole nitrogens is 1. The molecule has 2 aromatic rings. The number of hydrogen-bond donors (Lipinski definition) is 2. The Balaban J connectivity index is 1.90. The van der Waals surface area contributed by atoms with Gasteiger partial charge in [0.15, 0.2) is 6.61 Å². The number of amides is 1. The molecule has 0 spiro atoms. The van der Waals surface area contributed by atoms with Gasteiger partial charge in [-0.2, -0.15) is 0 Å². The Hall–Kier alpha value is -2.80. The van der Waals surface area contributed by atoms with Gasteiger partial charge in [0.1, 0.15) is 11.7 Å². The van der Waals surface area contributed by atoms with Crippen molar-refractivity contribution in [2.45, 2.75) is 12.5 Å². The molecule has 0 aliphatic carbocycles. The van der Waals surface area contributed by atoms with Crippen LogP contribution in [0.5, 0.6) is 0 Å². The van der Waals surface area contributed by atoms with Gasteiger partial charge >= 0.3 is 11.9 Å². The van der Waals surface area contributed by atoms with E-state index in [9.17, 15) is 14.4 Å². The maximum Gasteiger partial charge on any atom is 0.355 e. The minimum atomic E-state index is -0.876. The third kappa shape index (κ3) is 5.65. The van der Waals surface area contributed by atoms with Gasteiger partial charge in [0, 0.05) is 12.6 Å². The molecule has 0 bridgehead atoms. The lowest BCUT2D eigenvalue weighted by Crippen LogP contribution is -2.44. The maximum absolute atomic E-state index is 12.0. The number of carbonyl (C=O) groups excluding carboxylic acids is 3. The Morgan fingerprint density at radius 3 is 2.56 bits per heavy atom. The van der Waals surface area contributed by atoms with Crippen LogP contribution in [0.25, 0.3) is 0 Å². The van der Waals surface area contributed by atoms with Gasteiger partial charge in [-0.15, -0.1) is 0 Å². The first-order valence-electron chi connectivity index (χ1n) is 7.41. The van der Waals surface area contributed by atoms with Crippen molar-refractivity contribution in [3.05, 3.63) is 58.9 Å². The SMILES string of the molecule is COC(=O)[C@@H](Cc1ccccc1)NC(=O)COC(=O)c1cc(Cl)c[nH]1. The molecule has 8 heteroatoms. The fraction of sp³-hybridized carbons (Fsp3) is 0.235. The number of aromatic amines is 1. The predicted octanol–water partition coefficient (Wildman–Crippen LogP) is 1.73. The highest BCUT2D eigenvalue weighted by atomic mass is 35.5. The van der Waals surface area contributed by atoms with Crippen LogP contribution in [0.1, 0.15) is 16.1 Å². The summed E-state index contributed by atoms with van der Waals surface area (Å²) in [6, 6.07) is 9.67. The number of hydrogen-bond acceptors (Lipinski definition) is 5. The van der Waals surface area contributed by atoms with Crippen LogP contribution in [-0.2, 0) is 25.5 Å². The highest BCUT2D eigenvalue weighted by molar-refractivity contribution is 6.30. The van der Waals surface area contributed by atoms with E-state index in [0.717, 1.165) is 5.56 Å². The molecular formula is C17H17ClN2O5. The average Bonchev–Trinajstić information content (AvgIpc) is 3.06. The molecule has 1 atom stereocenters. The Labute approximate surface area is 149 Å². The topological polar surface area (TPSA) is 97.5 Å².